The molecular formula is C22H17N3O6. The Morgan fingerprint density at radius 3 is 2.45 bits per heavy atom. The molecule has 0 spiro atoms. The maximum atomic E-state index is 12.4. The second kappa shape index (κ2) is 9.79. The van der Waals surface area contributed by atoms with Crippen LogP contribution in [-0.2, 0) is 0 Å². The monoisotopic (exact) mass is 419 g/mol. The molecule has 3 aromatic rings. The summed E-state index contributed by atoms with van der Waals surface area (Å²) in [6, 6.07) is 18.4. The van der Waals surface area contributed by atoms with Gasteiger partial charge in [-0.2, -0.15) is 5.10 Å². The van der Waals surface area contributed by atoms with Crippen LogP contribution >= 0.6 is 0 Å². The topological polar surface area (TPSA) is 120 Å². The molecule has 1 amide bonds. The molecular weight excluding hydrogens is 402 g/mol. The minimum absolute atomic E-state index is 0.0885. The van der Waals surface area contributed by atoms with E-state index in [2.05, 4.69) is 10.5 Å². The highest BCUT2D eigenvalue weighted by Gasteiger charge is 2.12. The molecule has 9 nitrogen and oxygen atoms in total. The van der Waals surface area contributed by atoms with Crippen molar-refractivity contribution in [3.63, 3.8) is 0 Å². The highest BCUT2D eigenvalue weighted by Crippen LogP contribution is 2.19. The van der Waals surface area contributed by atoms with Crippen molar-refractivity contribution < 1.29 is 24.0 Å². The molecule has 31 heavy (non-hydrogen) atoms. The Labute approximate surface area is 177 Å². The van der Waals surface area contributed by atoms with E-state index in [1.807, 2.05) is 0 Å². The molecule has 0 aliphatic carbocycles. The molecule has 0 saturated carbocycles. The third kappa shape index (κ3) is 5.51. The summed E-state index contributed by atoms with van der Waals surface area (Å²) in [6.07, 6.45) is 1.31. The van der Waals surface area contributed by atoms with Crippen LogP contribution in [0.1, 0.15) is 26.3 Å². The first-order valence-corrected chi connectivity index (χ1v) is 9.01. The number of para-hydroxylation sites is 1. The van der Waals surface area contributed by atoms with Crippen LogP contribution in [0.4, 0.5) is 5.69 Å². The molecule has 3 aromatic carbocycles. The van der Waals surface area contributed by atoms with Gasteiger partial charge in [0.1, 0.15) is 11.5 Å². The molecule has 0 aromatic heterocycles. The van der Waals surface area contributed by atoms with Gasteiger partial charge in [0.15, 0.2) is 0 Å². The molecule has 1 N–H and O–H groups in total. The van der Waals surface area contributed by atoms with Gasteiger partial charge in [0.05, 0.1) is 23.8 Å². The molecule has 156 valence electrons. The Morgan fingerprint density at radius 1 is 1.00 bits per heavy atom. The van der Waals surface area contributed by atoms with Gasteiger partial charge in [0.2, 0.25) is 0 Å². The molecule has 0 unspecified atom stereocenters. The van der Waals surface area contributed by atoms with Gasteiger partial charge in [-0.05, 0) is 42.5 Å². The van der Waals surface area contributed by atoms with Crippen LogP contribution in [0.3, 0.4) is 0 Å². The van der Waals surface area contributed by atoms with E-state index in [1.54, 1.807) is 48.5 Å². The molecule has 3 rings (SSSR count). The molecule has 0 aliphatic heterocycles. The summed E-state index contributed by atoms with van der Waals surface area (Å²) >= 11 is 0. The lowest BCUT2D eigenvalue weighted by Gasteiger charge is -2.08. The van der Waals surface area contributed by atoms with Gasteiger partial charge < -0.3 is 9.47 Å². The zero-order chi connectivity index (χ0) is 22.2. The average molecular weight is 419 g/mol. The van der Waals surface area contributed by atoms with E-state index in [9.17, 15) is 19.7 Å². The summed E-state index contributed by atoms with van der Waals surface area (Å²) < 4.78 is 10.5. The fourth-order valence-electron chi connectivity index (χ4n) is 2.55. The van der Waals surface area contributed by atoms with Crippen LogP contribution in [0.2, 0.25) is 0 Å². The zero-order valence-corrected chi connectivity index (χ0v) is 16.3. The van der Waals surface area contributed by atoms with E-state index in [1.165, 1.54) is 31.5 Å². The van der Waals surface area contributed by atoms with Gasteiger partial charge >= 0.3 is 5.97 Å². The second-order valence-corrected chi connectivity index (χ2v) is 6.16. The number of methoxy groups -OCH3 is 1. The summed E-state index contributed by atoms with van der Waals surface area (Å²) in [6.45, 7) is 0. The van der Waals surface area contributed by atoms with Crippen LogP contribution in [0.25, 0.3) is 0 Å². The lowest BCUT2D eigenvalue weighted by atomic mass is 10.2. The van der Waals surface area contributed by atoms with E-state index in [-0.39, 0.29) is 17.0 Å². The summed E-state index contributed by atoms with van der Waals surface area (Å²) in [4.78, 5) is 34.8. The average Bonchev–Trinajstić information content (AvgIpc) is 2.80. The molecule has 0 saturated heterocycles. The van der Waals surface area contributed by atoms with E-state index >= 15 is 0 Å². The molecule has 0 heterocycles. The molecule has 0 radical (unpaired) electrons. The van der Waals surface area contributed by atoms with Crippen molar-refractivity contribution in [1.29, 1.82) is 0 Å². The first-order chi connectivity index (χ1) is 15.0. The van der Waals surface area contributed by atoms with Gasteiger partial charge in [-0.15, -0.1) is 0 Å². The summed E-state index contributed by atoms with van der Waals surface area (Å²) in [5.41, 5.74) is 2.97. The predicted octanol–water partition coefficient (Wildman–Crippen LogP) is 3.59. The summed E-state index contributed by atoms with van der Waals surface area (Å²) in [7, 11) is 1.53. The quantitative estimate of drug-likeness (QED) is 0.205. The van der Waals surface area contributed by atoms with E-state index in [0.29, 0.717) is 16.9 Å². The standard InChI is InChI=1S/C22H17N3O6/c1-30-19-11-9-15(10-12-19)22(27)31-20-8-3-2-5-17(20)14-23-24-21(26)16-6-4-7-18(13-16)25(28)29/h2-14H,1H3,(H,24,26). The van der Waals surface area contributed by atoms with Gasteiger partial charge in [0.25, 0.3) is 11.6 Å². The first kappa shape index (κ1) is 21.2. The number of nitrogens with zero attached hydrogens (tertiary/aromatic N) is 2. The number of carbonyl (C=O) groups excluding carboxylic acids is 2. The maximum Gasteiger partial charge on any atom is 0.343 e. The number of nitrogens with one attached hydrogen (secondary N) is 1. The fraction of sp³-hybridized carbons (Fsp3) is 0.0455. The number of hydrazone groups is 1. The number of esters is 1. The number of hydrogen-bond acceptors (Lipinski definition) is 7. The normalized spacial score (nSPS) is 10.5. The Bertz CT molecular complexity index is 1140. The van der Waals surface area contributed by atoms with Crippen LogP contribution in [0.5, 0.6) is 11.5 Å². The molecule has 9 heteroatoms. The van der Waals surface area contributed by atoms with E-state index in [0.717, 1.165) is 6.07 Å². The number of ether oxygens (including phenoxy) is 2. The van der Waals surface area contributed by atoms with Crippen molar-refractivity contribution in [2.45, 2.75) is 0 Å². The van der Waals surface area contributed by atoms with Crippen molar-refractivity contribution in [3.8, 4) is 11.5 Å². The number of nitro groups is 1. The number of hydrogen-bond donors (Lipinski definition) is 1. The Balaban J connectivity index is 1.69. The minimum atomic E-state index is -0.618. The molecule has 0 fully saturated rings. The first-order valence-electron chi connectivity index (χ1n) is 9.01. The predicted molar refractivity (Wildman–Crippen MR) is 113 cm³/mol. The number of carbonyl (C=O) groups is 2. The summed E-state index contributed by atoms with van der Waals surface area (Å²) in [5, 5.41) is 14.7. The van der Waals surface area contributed by atoms with Gasteiger partial charge in [0, 0.05) is 23.3 Å². The Kier molecular flexibility index (Phi) is 6.69. The SMILES string of the molecule is COc1ccc(C(=O)Oc2ccccc2C=NNC(=O)c2cccc([N+](=O)[O-])c2)cc1. The fourth-order valence-corrected chi connectivity index (χ4v) is 2.55. The lowest BCUT2D eigenvalue weighted by molar-refractivity contribution is -0.384. The van der Waals surface area contributed by atoms with Gasteiger partial charge in [-0.1, -0.05) is 18.2 Å². The highest BCUT2D eigenvalue weighted by atomic mass is 16.6. The van der Waals surface area contributed by atoms with Gasteiger partial charge in [-0.25, -0.2) is 10.2 Å². The number of amides is 1. The maximum absolute atomic E-state index is 12.4. The minimum Gasteiger partial charge on any atom is -0.497 e. The number of rotatable bonds is 7. The number of benzene rings is 3. The van der Waals surface area contributed by atoms with Crippen molar-refractivity contribution in [3.05, 3.63) is 99.6 Å². The largest absolute Gasteiger partial charge is 0.497 e. The number of non-ortho nitro benzene ring substituents is 1. The highest BCUT2D eigenvalue weighted by molar-refractivity contribution is 5.96. The van der Waals surface area contributed by atoms with Crippen LogP contribution < -0.4 is 14.9 Å². The van der Waals surface area contributed by atoms with Crippen LogP contribution in [0.15, 0.2) is 77.9 Å². The van der Waals surface area contributed by atoms with E-state index in [4.69, 9.17) is 9.47 Å². The van der Waals surface area contributed by atoms with Crippen molar-refractivity contribution in [1.82, 2.24) is 5.43 Å². The third-order valence-electron chi connectivity index (χ3n) is 4.14. The van der Waals surface area contributed by atoms with Crippen molar-refractivity contribution in [2.75, 3.05) is 7.11 Å². The van der Waals surface area contributed by atoms with Gasteiger partial charge in [-0.3, -0.25) is 14.9 Å². The van der Waals surface area contributed by atoms with Crippen LogP contribution in [-0.4, -0.2) is 30.1 Å². The Hall–Kier alpha value is -4.53. The second-order valence-electron chi connectivity index (χ2n) is 6.16. The Morgan fingerprint density at radius 2 is 1.74 bits per heavy atom. The smallest absolute Gasteiger partial charge is 0.343 e. The van der Waals surface area contributed by atoms with Crippen LogP contribution in [0, 0.1) is 10.1 Å². The van der Waals surface area contributed by atoms with Crippen molar-refractivity contribution >= 4 is 23.8 Å². The molecule has 0 aliphatic rings. The summed E-state index contributed by atoms with van der Waals surface area (Å²) in [5.74, 6) is -0.322. The van der Waals surface area contributed by atoms with E-state index < -0.39 is 16.8 Å². The molecule has 0 atom stereocenters. The third-order valence-corrected chi connectivity index (χ3v) is 4.14. The molecule has 0 bridgehead atoms. The lowest BCUT2D eigenvalue weighted by Crippen LogP contribution is -2.17. The zero-order valence-electron chi connectivity index (χ0n) is 16.3. The number of nitro benzene ring substituents is 1. The van der Waals surface area contributed by atoms with Crippen molar-refractivity contribution in [2.24, 2.45) is 5.10 Å².